The van der Waals surface area contributed by atoms with Gasteiger partial charge in [0.1, 0.15) is 0 Å². The van der Waals surface area contributed by atoms with E-state index in [1.807, 2.05) is 11.8 Å². The molecule has 1 aliphatic carbocycles. The van der Waals surface area contributed by atoms with E-state index in [2.05, 4.69) is 6.92 Å². The highest BCUT2D eigenvalue weighted by molar-refractivity contribution is 7.99. The lowest BCUT2D eigenvalue weighted by molar-refractivity contribution is 0.0336. The molecule has 0 aromatic heterocycles. The van der Waals surface area contributed by atoms with E-state index in [0.29, 0.717) is 12.0 Å². The predicted molar refractivity (Wildman–Crippen MR) is 66.2 cm³/mol. The van der Waals surface area contributed by atoms with Gasteiger partial charge in [0.25, 0.3) is 0 Å². The fourth-order valence-corrected chi connectivity index (χ4v) is 3.63. The van der Waals surface area contributed by atoms with Gasteiger partial charge in [-0.3, -0.25) is 0 Å². The van der Waals surface area contributed by atoms with E-state index in [9.17, 15) is 0 Å². The quantitative estimate of drug-likeness (QED) is 0.789. The Labute approximate surface area is 97.3 Å². The maximum absolute atomic E-state index is 6.33. The molecule has 2 atom stereocenters. The maximum atomic E-state index is 6.33. The third-order valence-corrected chi connectivity index (χ3v) is 4.90. The van der Waals surface area contributed by atoms with Crippen LogP contribution in [0.5, 0.6) is 0 Å². The average Bonchev–Trinajstić information content (AvgIpc) is 2.30. The Balaban J connectivity index is 1.81. The van der Waals surface area contributed by atoms with Gasteiger partial charge >= 0.3 is 0 Å². The third kappa shape index (κ3) is 3.11. The van der Waals surface area contributed by atoms with E-state index >= 15 is 0 Å². The van der Waals surface area contributed by atoms with Crippen LogP contribution < -0.4 is 5.73 Å². The highest BCUT2D eigenvalue weighted by atomic mass is 32.2. The average molecular weight is 229 g/mol. The molecule has 2 aliphatic rings. The van der Waals surface area contributed by atoms with Gasteiger partial charge in [0, 0.05) is 17.5 Å². The molecule has 0 aromatic carbocycles. The van der Waals surface area contributed by atoms with Crippen LogP contribution in [-0.4, -0.2) is 30.3 Å². The Morgan fingerprint density at radius 3 is 2.60 bits per heavy atom. The predicted octanol–water partition coefficient (Wildman–Crippen LogP) is 2.27. The van der Waals surface area contributed by atoms with Gasteiger partial charge in [0.15, 0.2) is 0 Å². The van der Waals surface area contributed by atoms with Crippen molar-refractivity contribution in [3.8, 4) is 0 Å². The molecule has 1 aliphatic heterocycles. The summed E-state index contributed by atoms with van der Waals surface area (Å²) in [6, 6.07) is 0.283. The molecule has 88 valence electrons. The fourth-order valence-electron chi connectivity index (χ4n) is 2.70. The molecular formula is C12H23NOS. The van der Waals surface area contributed by atoms with E-state index < -0.39 is 0 Å². The van der Waals surface area contributed by atoms with Crippen LogP contribution in [0.2, 0.25) is 0 Å². The van der Waals surface area contributed by atoms with Crippen LogP contribution in [0, 0.1) is 11.8 Å². The first-order valence-electron chi connectivity index (χ1n) is 6.22. The van der Waals surface area contributed by atoms with Gasteiger partial charge in [0.05, 0.1) is 12.7 Å². The molecule has 2 rings (SSSR count). The van der Waals surface area contributed by atoms with Crippen LogP contribution in [0.15, 0.2) is 0 Å². The Kier molecular flexibility index (Phi) is 4.35. The molecule has 0 spiro atoms. The summed E-state index contributed by atoms with van der Waals surface area (Å²) >= 11 is 1.99. The summed E-state index contributed by atoms with van der Waals surface area (Å²) in [5, 5.41) is 0. The van der Waals surface area contributed by atoms with Crippen LogP contribution in [0.25, 0.3) is 0 Å². The van der Waals surface area contributed by atoms with Crippen molar-refractivity contribution in [3.05, 3.63) is 0 Å². The largest absolute Gasteiger partial charge is 0.375 e. The minimum Gasteiger partial charge on any atom is -0.375 e. The normalized spacial score (nSPS) is 40.0. The molecule has 2 fully saturated rings. The van der Waals surface area contributed by atoms with Crippen molar-refractivity contribution in [2.75, 3.05) is 18.1 Å². The molecule has 1 saturated heterocycles. The zero-order valence-corrected chi connectivity index (χ0v) is 10.5. The molecule has 0 bridgehead atoms. The van der Waals surface area contributed by atoms with Crippen LogP contribution in [-0.2, 0) is 4.74 Å². The molecule has 3 heteroatoms. The minimum atomic E-state index is 0.283. The number of thioether (sulfide) groups is 1. The minimum absolute atomic E-state index is 0.283. The van der Waals surface area contributed by atoms with Crippen molar-refractivity contribution < 1.29 is 4.74 Å². The monoisotopic (exact) mass is 229 g/mol. The molecule has 1 heterocycles. The molecule has 2 N–H and O–H groups in total. The van der Waals surface area contributed by atoms with Gasteiger partial charge in [-0.25, -0.2) is 0 Å². The van der Waals surface area contributed by atoms with Crippen molar-refractivity contribution in [2.45, 2.75) is 44.8 Å². The van der Waals surface area contributed by atoms with Crippen LogP contribution in [0.1, 0.15) is 32.6 Å². The van der Waals surface area contributed by atoms with Gasteiger partial charge in [-0.15, -0.1) is 0 Å². The number of nitrogens with two attached hydrogens (primary N) is 1. The summed E-state index contributed by atoms with van der Waals surface area (Å²) in [4.78, 5) is 0. The smallest absolute Gasteiger partial charge is 0.0819 e. The number of hydrogen-bond donors (Lipinski definition) is 1. The fraction of sp³-hybridized carbons (Fsp3) is 1.00. The lowest BCUT2D eigenvalue weighted by atomic mass is 9.78. The molecule has 1 saturated carbocycles. The lowest BCUT2D eigenvalue weighted by Gasteiger charge is -2.36. The summed E-state index contributed by atoms with van der Waals surface area (Å²) in [7, 11) is 0. The molecule has 2 unspecified atom stereocenters. The van der Waals surface area contributed by atoms with Crippen molar-refractivity contribution in [1.29, 1.82) is 0 Å². The number of ether oxygens (including phenoxy) is 1. The van der Waals surface area contributed by atoms with Crippen molar-refractivity contribution in [1.82, 2.24) is 0 Å². The zero-order valence-electron chi connectivity index (χ0n) is 9.65. The second kappa shape index (κ2) is 5.55. The van der Waals surface area contributed by atoms with Gasteiger partial charge in [-0.2, -0.15) is 11.8 Å². The van der Waals surface area contributed by atoms with Crippen LogP contribution in [0.3, 0.4) is 0 Å². The summed E-state index contributed by atoms with van der Waals surface area (Å²) in [5.74, 6) is 3.87. The van der Waals surface area contributed by atoms with Gasteiger partial charge < -0.3 is 10.5 Å². The molecule has 0 amide bonds. The Bertz CT molecular complexity index is 186. The molecule has 0 aromatic rings. The van der Waals surface area contributed by atoms with Gasteiger partial charge in [0.2, 0.25) is 0 Å². The maximum Gasteiger partial charge on any atom is 0.0819 e. The second-order valence-electron chi connectivity index (χ2n) is 5.08. The van der Waals surface area contributed by atoms with E-state index in [-0.39, 0.29) is 6.04 Å². The SMILES string of the molecule is CC1CCC(C(N)C2CSCCO2)CC1. The first kappa shape index (κ1) is 11.7. The molecule has 2 nitrogen and oxygen atoms in total. The zero-order chi connectivity index (χ0) is 10.7. The summed E-state index contributed by atoms with van der Waals surface area (Å²) in [6.45, 7) is 3.25. The van der Waals surface area contributed by atoms with Crippen LogP contribution >= 0.6 is 11.8 Å². The van der Waals surface area contributed by atoms with E-state index in [4.69, 9.17) is 10.5 Å². The molecule has 0 radical (unpaired) electrons. The number of hydrogen-bond acceptors (Lipinski definition) is 3. The standard InChI is InChI=1S/C12H23NOS/c1-9-2-4-10(5-3-9)12(13)11-8-15-7-6-14-11/h9-12H,2-8,13H2,1H3. The van der Waals surface area contributed by atoms with Crippen molar-refractivity contribution in [2.24, 2.45) is 17.6 Å². The highest BCUT2D eigenvalue weighted by Gasteiger charge is 2.30. The summed E-state index contributed by atoms with van der Waals surface area (Å²) in [5.41, 5.74) is 6.33. The molecule has 15 heavy (non-hydrogen) atoms. The highest BCUT2D eigenvalue weighted by Crippen LogP contribution is 2.32. The van der Waals surface area contributed by atoms with E-state index in [0.717, 1.165) is 24.0 Å². The third-order valence-electron chi connectivity index (χ3n) is 3.88. The van der Waals surface area contributed by atoms with Crippen molar-refractivity contribution >= 4 is 11.8 Å². The Hall–Kier alpha value is 0.270. The van der Waals surface area contributed by atoms with E-state index in [1.54, 1.807) is 0 Å². The topological polar surface area (TPSA) is 35.2 Å². The second-order valence-corrected chi connectivity index (χ2v) is 6.23. The summed E-state index contributed by atoms with van der Waals surface area (Å²) < 4.78 is 5.77. The van der Waals surface area contributed by atoms with Crippen LogP contribution in [0.4, 0.5) is 0 Å². The summed E-state index contributed by atoms with van der Waals surface area (Å²) in [6.07, 6.45) is 5.66. The Morgan fingerprint density at radius 2 is 2.00 bits per heavy atom. The number of rotatable bonds is 2. The van der Waals surface area contributed by atoms with Crippen molar-refractivity contribution in [3.63, 3.8) is 0 Å². The first-order valence-corrected chi connectivity index (χ1v) is 7.38. The first-order chi connectivity index (χ1) is 7.27. The molecular weight excluding hydrogens is 206 g/mol. The lowest BCUT2D eigenvalue weighted by Crippen LogP contribution is -2.47. The van der Waals surface area contributed by atoms with Gasteiger partial charge in [-0.05, 0) is 24.7 Å². The Morgan fingerprint density at radius 1 is 1.27 bits per heavy atom. The van der Waals surface area contributed by atoms with Gasteiger partial charge in [-0.1, -0.05) is 19.8 Å². The van der Waals surface area contributed by atoms with E-state index in [1.165, 1.54) is 25.7 Å².